The lowest BCUT2D eigenvalue weighted by Crippen LogP contribution is -2.39. The summed E-state index contributed by atoms with van der Waals surface area (Å²) < 4.78 is 11.4. The number of morpholine rings is 1. The molecular weight excluding hydrogens is 486 g/mol. The van der Waals surface area contributed by atoms with Crippen molar-refractivity contribution in [3.63, 3.8) is 0 Å². The highest BCUT2D eigenvalue weighted by molar-refractivity contribution is 6.09. The van der Waals surface area contributed by atoms with Crippen molar-refractivity contribution in [3.05, 3.63) is 48.1 Å². The smallest absolute Gasteiger partial charge is 0.329 e. The summed E-state index contributed by atoms with van der Waals surface area (Å²) in [5, 5.41) is 2.71. The molecule has 3 amide bonds. The molecule has 11 nitrogen and oxygen atoms in total. The quantitative estimate of drug-likeness (QED) is 0.506. The molecule has 2 fully saturated rings. The molecule has 2 aliphatic heterocycles. The minimum atomic E-state index is -0.532. The molecule has 3 N–H and O–H groups in total. The van der Waals surface area contributed by atoms with Gasteiger partial charge in [0.25, 0.3) is 0 Å². The molecule has 11 heteroatoms. The van der Waals surface area contributed by atoms with Gasteiger partial charge in [0, 0.05) is 61.8 Å². The second-order valence-electron chi connectivity index (χ2n) is 9.89. The standard InChI is InChI=1S/C27H35N7O4/c1-19-23(4-5-24(31-19)32-26(36)34-10-7-27(2,3)25(34)35)38-21-6-8-30-22(16-21)20(17-28)18-29-9-11-33-12-14-37-15-13-33/h4-6,8,16-18H,7,9-15,28H2,1-3H3,(H,31,32,36). The Labute approximate surface area is 222 Å². The van der Waals surface area contributed by atoms with Crippen LogP contribution in [0.3, 0.4) is 0 Å². The summed E-state index contributed by atoms with van der Waals surface area (Å²) in [7, 11) is 0. The van der Waals surface area contributed by atoms with Crippen molar-refractivity contribution in [2.45, 2.75) is 27.2 Å². The summed E-state index contributed by atoms with van der Waals surface area (Å²) in [4.78, 5) is 41.9. The first-order valence-electron chi connectivity index (χ1n) is 12.7. The molecule has 0 spiro atoms. The molecule has 38 heavy (non-hydrogen) atoms. The number of aliphatic imine (C=N–C) groups is 1. The number of imide groups is 1. The average Bonchev–Trinajstić information content (AvgIpc) is 3.18. The minimum absolute atomic E-state index is 0.187. The number of amides is 3. The lowest BCUT2D eigenvalue weighted by Gasteiger charge is -2.25. The lowest BCUT2D eigenvalue weighted by atomic mass is 9.92. The zero-order valence-corrected chi connectivity index (χ0v) is 22.1. The Hall–Kier alpha value is -3.83. The predicted octanol–water partition coefficient (Wildman–Crippen LogP) is 3.07. The number of hydrogen-bond acceptors (Lipinski definition) is 9. The van der Waals surface area contributed by atoms with Crippen LogP contribution >= 0.6 is 0 Å². The topological polar surface area (TPSA) is 135 Å². The maximum Gasteiger partial charge on any atom is 0.329 e. The number of aromatic nitrogens is 2. The van der Waals surface area contributed by atoms with Crippen LogP contribution in [0.15, 0.2) is 41.7 Å². The molecule has 0 aliphatic carbocycles. The van der Waals surface area contributed by atoms with Crippen LogP contribution in [0.1, 0.15) is 31.7 Å². The van der Waals surface area contributed by atoms with Crippen molar-refractivity contribution in [3.8, 4) is 11.5 Å². The van der Waals surface area contributed by atoms with E-state index in [0.717, 1.165) is 32.8 Å². The Kier molecular flexibility index (Phi) is 8.70. The van der Waals surface area contributed by atoms with E-state index in [2.05, 4.69) is 25.2 Å². The van der Waals surface area contributed by atoms with Crippen LogP contribution in [0, 0.1) is 12.3 Å². The second kappa shape index (κ2) is 12.1. The Balaban J connectivity index is 1.36. The fourth-order valence-corrected chi connectivity index (χ4v) is 4.20. The van der Waals surface area contributed by atoms with Crippen LogP contribution in [0.5, 0.6) is 11.5 Å². The first-order valence-corrected chi connectivity index (χ1v) is 12.7. The molecule has 4 heterocycles. The van der Waals surface area contributed by atoms with Crippen LogP contribution in [0.25, 0.3) is 5.57 Å². The molecule has 2 saturated heterocycles. The molecule has 4 rings (SSSR count). The molecule has 0 radical (unpaired) electrons. The summed E-state index contributed by atoms with van der Waals surface area (Å²) in [5.41, 5.74) is 7.21. The molecule has 202 valence electrons. The number of nitrogens with zero attached hydrogens (tertiary/aromatic N) is 5. The van der Waals surface area contributed by atoms with E-state index < -0.39 is 11.4 Å². The first kappa shape index (κ1) is 27.2. The number of anilines is 1. The predicted molar refractivity (Wildman–Crippen MR) is 145 cm³/mol. The number of nitrogens with two attached hydrogens (primary N) is 1. The number of ether oxygens (including phenoxy) is 2. The highest BCUT2D eigenvalue weighted by Gasteiger charge is 2.41. The Bertz CT molecular complexity index is 1220. The SMILES string of the molecule is Cc1nc(NC(=O)N2CCC(C)(C)C2=O)ccc1Oc1ccnc(C(C=NCCN2CCOCC2)=CN)c1. The number of aryl methyl sites for hydroxylation is 1. The zero-order chi connectivity index (χ0) is 27.1. The van der Waals surface area contributed by atoms with E-state index in [1.54, 1.807) is 43.6 Å². The fraction of sp³-hybridized carbons (Fsp3) is 0.444. The monoisotopic (exact) mass is 521 g/mol. The van der Waals surface area contributed by atoms with Gasteiger partial charge in [0.15, 0.2) is 0 Å². The number of pyridine rings is 2. The van der Waals surface area contributed by atoms with Gasteiger partial charge in [0.05, 0.1) is 31.1 Å². The van der Waals surface area contributed by atoms with Crippen LogP contribution in [0.2, 0.25) is 0 Å². The highest BCUT2D eigenvalue weighted by atomic mass is 16.5. The molecule has 0 aromatic carbocycles. The fourth-order valence-electron chi connectivity index (χ4n) is 4.20. The van der Waals surface area contributed by atoms with Gasteiger partial charge < -0.3 is 15.2 Å². The number of carbonyl (C=O) groups is 2. The largest absolute Gasteiger partial charge is 0.455 e. The van der Waals surface area contributed by atoms with Crippen molar-refractivity contribution >= 4 is 29.5 Å². The number of likely N-dealkylation sites (tertiary alicyclic amines) is 1. The molecule has 0 unspecified atom stereocenters. The van der Waals surface area contributed by atoms with Gasteiger partial charge in [0.1, 0.15) is 17.3 Å². The number of urea groups is 1. The number of hydrogen-bond donors (Lipinski definition) is 2. The van der Waals surface area contributed by atoms with E-state index in [4.69, 9.17) is 15.2 Å². The van der Waals surface area contributed by atoms with Crippen molar-refractivity contribution in [2.24, 2.45) is 16.1 Å². The van der Waals surface area contributed by atoms with Crippen molar-refractivity contribution in [2.75, 3.05) is 51.3 Å². The normalized spacial score (nSPS) is 18.2. The van der Waals surface area contributed by atoms with Crippen molar-refractivity contribution in [1.82, 2.24) is 19.8 Å². The lowest BCUT2D eigenvalue weighted by molar-refractivity contribution is -0.131. The number of carbonyl (C=O) groups excluding carboxylic acids is 2. The van der Waals surface area contributed by atoms with Crippen LogP contribution in [-0.4, -0.2) is 83.9 Å². The van der Waals surface area contributed by atoms with E-state index >= 15 is 0 Å². The van der Waals surface area contributed by atoms with E-state index in [-0.39, 0.29) is 5.91 Å². The Morgan fingerprint density at radius 2 is 2.05 bits per heavy atom. The van der Waals surface area contributed by atoms with Gasteiger partial charge in [-0.1, -0.05) is 13.8 Å². The molecule has 2 aliphatic rings. The van der Waals surface area contributed by atoms with Crippen molar-refractivity contribution < 1.29 is 19.1 Å². The van der Waals surface area contributed by atoms with E-state index in [1.807, 2.05) is 13.8 Å². The number of rotatable bonds is 8. The number of nitrogens with one attached hydrogen (secondary N) is 1. The molecular formula is C27H35N7O4. The summed E-state index contributed by atoms with van der Waals surface area (Å²) >= 11 is 0. The summed E-state index contributed by atoms with van der Waals surface area (Å²) in [6.07, 6.45) is 5.47. The molecule has 2 aromatic heterocycles. The third-order valence-corrected chi connectivity index (χ3v) is 6.62. The summed E-state index contributed by atoms with van der Waals surface area (Å²) in [6.45, 7) is 10.7. The van der Waals surface area contributed by atoms with E-state index in [0.29, 0.717) is 53.8 Å². The zero-order valence-electron chi connectivity index (χ0n) is 22.1. The van der Waals surface area contributed by atoms with Crippen LogP contribution in [0.4, 0.5) is 10.6 Å². The molecule has 0 bridgehead atoms. The van der Waals surface area contributed by atoms with Crippen molar-refractivity contribution in [1.29, 1.82) is 0 Å². The maximum atomic E-state index is 12.6. The molecule has 2 aromatic rings. The Morgan fingerprint density at radius 3 is 2.74 bits per heavy atom. The molecule has 0 saturated carbocycles. The molecule has 0 atom stereocenters. The van der Waals surface area contributed by atoms with Gasteiger partial charge in [-0.25, -0.2) is 9.78 Å². The summed E-state index contributed by atoms with van der Waals surface area (Å²) in [6, 6.07) is 6.40. The van der Waals surface area contributed by atoms with Gasteiger partial charge >= 0.3 is 6.03 Å². The third-order valence-electron chi connectivity index (χ3n) is 6.62. The third kappa shape index (κ3) is 6.73. The van der Waals surface area contributed by atoms with Crippen LogP contribution < -0.4 is 15.8 Å². The van der Waals surface area contributed by atoms with Gasteiger partial charge in [-0.05, 0) is 31.5 Å². The minimum Gasteiger partial charge on any atom is -0.455 e. The Morgan fingerprint density at radius 1 is 1.26 bits per heavy atom. The van der Waals surface area contributed by atoms with Gasteiger partial charge in [-0.2, -0.15) is 0 Å². The summed E-state index contributed by atoms with van der Waals surface area (Å²) in [5.74, 6) is 1.24. The van der Waals surface area contributed by atoms with E-state index in [9.17, 15) is 9.59 Å². The average molecular weight is 522 g/mol. The van der Waals surface area contributed by atoms with Gasteiger partial charge in [0.2, 0.25) is 5.91 Å². The van der Waals surface area contributed by atoms with Gasteiger partial charge in [-0.15, -0.1) is 0 Å². The first-order chi connectivity index (χ1) is 18.3. The second-order valence-corrected chi connectivity index (χ2v) is 9.89. The number of allylic oxidation sites excluding steroid dienone is 1. The van der Waals surface area contributed by atoms with Gasteiger partial charge in [-0.3, -0.25) is 29.9 Å². The maximum absolute atomic E-state index is 12.6. The van der Waals surface area contributed by atoms with E-state index in [1.165, 1.54) is 11.1 Å². The highest BCUT2D eigenvalue weighted by Crippen LogP contribution is 2.31. The van der Waals surface area contributed by atoms with Crippen LogP contribution in [-0.2, 0) is 9.53 Å².